The number of nitrogens with zero attached hydrogens (tertiary/aromatic N) is 1. The van der Waals surface area contributed by atoms with Gasteiger partial charge in [0.2, 0.25) is 0 Å². The van der Waals surface area contributed by atoms with Crippen molar-refractivity contribution >= 4 is 27.3 Å². The Morgan fingerprint density at radius 2 is 2.23 bits per heavy atom. The molecule has 0 saturated carbocycles. The number of rotatable bonds is 2. The first kappa shape index (κ1) is 8.31. The lowest BCUT2D eigenvalue weighted by Gasteiger charge is -2.02. The van der Waals surface area contributed by atoms with Crippen molar-refractivity contribution in [3.05, 3.63) is 41.1 Å². The molecule has 0 atom stereocenters. The van der Waals surface area contributed by atoms with Crippen LogP contribution < -0.4 is 5.32 Å². The summed E-state index contributed by atoms with van der Waals surface area (Å²) >= 11 is 3.40. The van der Waals surface area contributed by atoms with E-state index in [0.29, 0.717) is 0 Å². The van der Waals surface area contributed by atoms with Crippen molar-refractivity contribution in [2.45, 2.75) is 0 Å². The maximum Gasteiger partial charge on any atom is 0.0767 e. The molecule has 0 radical (unpaired) electrons. The molecule has 0 fully saturated rings. The normalized spacial score (nSPS) is 9.92. The lowest BCUT2D eigenvalue weighted by Crippen LogP contribution is -1.86. The third-order valence-electron chi connectivity index (χ3n) is 1.61. The Balaban J connectivity index is 2.19. The minimum Gasteiger partial charge on any atom is -0.353 e. The molecule has 0 aliphatic carbocycles. The molecule has 4 heteroatoms. The zero-order chi connectivity index (χ0) is 9.10. The largest absolute Gasteiger partial charge is 0.353 e. The standard InChI is InChI=1S/C9H8BrN3/c10-7-2-1-3-8(4-7)13-9-5-11-12-6-9/h1-6,13H,(H,11,12). The summed E-state index contributed by atoms with van der Waals surface area (Å²) in [4.78, 5) is 0. The lowest BCUT2D eigenvalue weighted by atomic mass is 10.3. The fraction of sp³-hybridized carbons (Fsp3) is 0. The molecule has 0 aliphatic rings. The van der Waals surface area contributed by atoms with E-state index in [0.717, 1.165) is 15.8 Å². The predicted octanol–water partition coefficient (Wildman–Crippen LogP) is 2.92. The van der Waals surface area contributed by atoms with Gasteiger partial charge in [0.25, 0.3) is 0 Å². The molecule has 1 heterocycles. The SMILES string of the molecule is Brc1cccc(Nc2cn[nH]c2)c1. The van der Waals surface area contributed by atoms with Crippen molar-refractivity contribution in [3.63, 3.8) is 0 Å². The van der Waals surface area contributed by atoms with E-state index in [1.807, 2.05) is 24.3 Å². The summed E-state index contributed by atoms with van der Waals surface area (Å²) in [5.74, 6) is 0. The first-order valence-corrected chi connectivity index (χ1v) is 4.65. The average Bonchev–Trinajstić information content (AvgIpc) is 2.57. The van der Waals surface area contributed by atoms with Crippen LogP contribution >= 0.6 is 15.9 Å². The highest BCUT2D eigenvalue weighted by Crippen LogP contribution is 2.19. The molecule has 3 nitrogen and oxygen atoms in total. The fourth-order valence-corrected chi connectivity index (χ4v) is 1.45. The third kappa shape index (κ3) is 2.09. The van der Waals surface area contributed by atoms with Crippen LogP contribution in [0.1, 0.15) is 0 Å². The van der Waals surface area contributed by atoms with Crippen LogP contribution in [-0.2, 0) is 0 Å². The average molecular weight is 238 g/mol. The summed E-state index contributed by atoms with van der Waals surface area (Å²) in [7, 11) is 0. The Kier molecular flexibility index (Phi) is 2.31. The number of hydrogen-bond donors (Lipinski definition) is 2. The van der Waals surface area contributed by atoms with Gasteiger partial charge in [0.15, 0.2) is 0 Å². The van der Waals surface area contributed by atoms with Gasteiger partial charge >= 0.3 is 0 Å². The second kappa shape index (κ2) is 3.62. The van der Waals surface area contributed by atoms with Gasteiger partial charge < -0.3 is 5.32 Å². The molecule has 0 spiro atoms. The number of aromatic nitrogens is 2. The Labute approximate surface area is 84.3 Å². The third-order valence-corrected chi connectivity index (χ3v) is 2.10. The Hall–Kier alpha value is -1.29. The summed E-state index contributed by atoms with van der Waals surface area (Å²) in [6.45, 7) is 0. The second-order valence-corrected chi connectivity index (χ2v) is 3.54. The summed E-state index contributed by atoms with van der Waals surface area (Å²) in [6, 6.07) is 7.97. The monoisotopic (exact) mass is 237 g/mol. The zero-order valence-electron chi connectivity index (χ0n) is 6.79. The highest BCUT2D eigenvalue weighted by atomic mass is 79.9. The number of nitrogens with one attached hydrogen (secondary N) is 2. The van der Waals surface area contributed by atoms with Gasteiger partial charge in [-0.05, 0) is 18.2 Å². The number of H-pyrrole nitrogens is 1. The molecule has 0 unspecified atom stereocenters. The molecule has 0 amide bonds. The molecule has 2 N–H and O–H groups in total. The Bertz CT molecular complexity index is 384. The molecule has 0 bridgehead atoms. The van der Waals surface area contributed by atoms with Crippen LogP contribution in [0.5, 0.6) is 0 Å². The quantitative estimate of drug-likeness (QED) is 0.844. The van der Waals surface area contributed by atoms with E-state index in [4.69, 9.17) is 0 Å². The van der Waals surface area contributed by atoms with Crippen LogP contribution in [-0.4, -0.2) is 10.2 Å². The van der Waals surface area contributed by atoms with Gasteiger partial charge in [-0.25, -0.2) is 0 Å². The molecule has 0 saturated heterocycles. The van der Waals surface area contributed by atoms with Crippen LogP contribution in [0.4, 0.5) is 11.4 Å². The predicted molar refractivity (Wildman–Crippen MR) is 56.0 cm³/mol. The van der Waals surface area contributed by atoms with Gasteiger partial charge in [-0.3, -0.25) is 5.10 Å². The maximum atomic E-state index is 3.84. The Morgan fingerprint density at radius 3 is 2.92 bits per heavy atom. The molecule has 1 aromatic heterocycles. The van der Waals surface area contributed by atoms with E-state index >= 15 is 0 Å². The highest BCUT2D eigenvalue weighted by molar-refractivity contribution is 9.10. The number of anilines is 2. The minimum atomic E-state index is 0.957. The number of aromatic amines is 1. The highest BCUT2D eigenvalue weighted by Gasteiger charge is 1.94. The minimum absolute atomic E-state index is 0.957. The van der Waals surface area contributed by atoms with Gasteiger partial charge in [0.1, 0.15) is 0 Å². The second-order valence-electron chi connectivity index (χ2n) is 2.62. The molecule has 13 heavy (non-hydrogen) atoms. The van der Waals surface area contributed by atoms with Crippen LogP contribution in [0.25, 0.3) is 0 Å². The molecule has 66 valence electrons. The van der Waals surface area contributed by atoms with Crippen LogP contribution in [0, 0.1) is 0 Å². The maximum absolute atomic E-state index is 3.84. The molecule has 2 rings (SSSR count). The van der Waals surface area contributed by atoms with Crippen molar-refractivity contribution in [2.75, 3.05) is 5.32 Å². The van der Waals surface area contributed by atoms with Gasteiger partial charge in [-0.15, -0.1) is 0 Å². The van der Waals surface area contributed by atoms with Gasteiger partial charge in [-0.1, -0.05) is 22.0 Å². The number of halogens is 1. The first-order chi connectivity index (χ1) is 6.34. The fourth-order valence-electron chi connectivity index (χ4n) is 1.05. The van der Waals surface area contributed by atoms with Crippen LogP contribution in [0.2, 0.25) is 0 Å². The molecule has 2 aromatic rings. The van der Waals surface area contributed by atoms with E-state index in [1.54, 1.807) is 12.4 Å². The lowest BCUT2D eigenvalue weighted by molar-refractivity contribution is 1.09. The van der Waals surface area contributed by atoms with Gasteiger partial charge in [0.05, 0.1) is 11.9 Å². The molecular formula is C9H8BrN3. The van der Waals surface area contributed by atoms with Crippen molar-refractivity contribution in [1.82, 2.24) is 10.2 Å². The topological polar surface area (TPSA) is 40.7 Å². The van der Waals surface area contributed by atoms with E-state index in [9.17, 15) is 0 Å². The van der Waals surface area contributed by atoms with E-state index < -0.39 is 0 Å². The van der Waals surface area contributed by atoms with Crippen LogP contribution in [0.3, 0.4) is 0 Å². The number of benzene rings is 1. The van der Waals surface area contributed by atoms with E-state index in [2.05, 4.69) is 31.4 Å². The van der Waals surface area contributed by atoms with Crippen molar-refractivity contribution in [1.29, 1.82) is 0 Å². The summed E-state index contributed by atoms with van der Waals surface area (Å²) in [6.07, 6.45) is 3.54. The van der Waals surface area contributed by atoms with E-state index in [-0.39, 0.29) is 0 Å². The molecule has 1 aromatic carbocycles. The smallest absolute Gasteiger partial charge is 0.0767 e. The van der Waals surface area contributed by atoms with Gasteiger partial charge in [0, 0.05) is 16.4 Å². The van der Waals surface area contributed by atoms with Gasteiger partial charge in [-0.2, -0.15) is 5.10 Å². The van der Waals surface area contributed by atoms with Crippen molar-refractivity contribution < 1.29 is 0 Å². The first-order valence-electron chi connectivity index (χ1n) is 3.86. The molecule has 0 aliphatic heterocycles. The summed E-state index contributed by atoms with van der Waals surface area (Å²) in [5, 5.41) is 9.78. The van der Waals surface area contributed by atoms with Crippen molar-refractivity contribution in [3.8, 4) is 0 Å². The van der Waals surface area contributed by atoms with Crippen molar-refractivity contribution in [2.24, 2.45) is 0 Å². The summed E-state index contributed by atoms with van der Waals surface area (Å²) < 4.78 is 1.06. The molecular weight excluding hydrogens is 230 g/mol. The van der Waals surface area contributed by atoms with E-state index in [1.165, 1.54) is 0 Å². The zero-order valence-corrected chi connectivity index (χ0v) is 8.38. The summed E-state index contributed by atoms with van der Waals surface area (Å²) in [5.41, 5.74) is 1.99. The Morgan fingerprint density at radius 1 is 1.31 bits per heavy atom. The van der Waals surface area contributed by atoms with Crippen LogP contribution in [0.15, 0.2) is 41.1 Å². The number of hydrogen-bond acceptors (Lipinski definition) is 2.